The number of aromatic carboxylic acids is 1. The molecule has 5 rings (SSSR count). The van der Waals surface area contributed by atoms with Gasteiger partial charge in [0.25, 0.3) is 0 Å². The Balaban J connectivity index is 1.82. The first-order valence-corrected chi connectivity index (χ1v) is 11.0. The minimum absolute atomic E-state index is 0.173. The summed E-state index contributed by atoms with van der Waals surface area (Å²) >= 11 is 0. The number of nitrogens with one attached hydrogen (secondary N) is 1. The summed E-state index contributed by atoms with van der Waals surface area (Å²) in [5.41, 5.74) is 5.61. The van der Waals surface area contributed by atoms with Crippen LogP contribution in [-0.4, -0.2) is 35.0 Å². The average molecular weight is 453 g/mol. The lowest BCUT2D eigenvalue weighted by molar-refractivity contribution is 0.0697. The van der Waals surface area contributed by atoms with Gasteiger partial charge in [0.2, 0.25) is 0 Å². The third-order valence-corrected chi connectivity index (χ3v) is 6.03. The summed E-state index contributed by atoms with van der Waals surface area (Å²) in [5, 5.41) is 23.7. The van der Waals surface area contributed by atoms with E-state index in [1.54, 1.807) is 29.1 Å². The van der Waals surface area contributed by atoms with Crippen molar-refractivity contribution >= 4 is 22.6 Å². The SMILES string of the molecule is CCc1cnn(-c2ccc(-c3c4ccc(=N)cc-4oc4cc(N(C)C)ccc34)c(C(=O)O)c2)c1. The molecule has 0 saturated heterocycles. The Morgan fingerprint density at radius 3 is 2.59 bits per heavy atom. The highest BCUT2D eigenvalue weighted by Crippen LogP contribution is 2.42. The molecule has 0 spiro atoms. The van der Waals surface area contributed by atoms with E-state index in [1.807, 2.05) is 68.5 Å². The number of hydrogen-bond acceptors (Lipinski definition) is 5. The van der Waals surface area contributed by atoms with Crippen molar-refractivity contribution in [3.8, 4) is 28.1 Å². The van der Waals surface area contributed by atoms with Gasteiger partial charge in [0.1, 0.15) is 11.3 Å². The summed E-state index contributed by atoms with van der Waals surface area (Å²) in [4.78, 5) is 14.4. The van der Waals surface area contributed by atoms with Gasteiger partial charge in [-0.3, -0.25) is 0 Å². The summed E-state index contributed by atoms with van der Waals surface area (Å²) in [6, 6.07) is 16.4. The van der Waals surface area contributed by atoms with Gasteiger partial charge < -0.3 is 19.8 Å². The number of carbonyl (C=O) groups is 1. The quantitative estimate of drug-likeness (QED) is 0.358. The van der Waals surface area contributed by atoms with Gasteiger partial charge in [0.05, 0.1) is 22.8 Å². The van der Waals surface area contributed by atoms with Gasteiger partial charge in [-0.2, -0.15) is 5.10 Å². The molecule has 7 heteroatoms. The van der Waals surface area contributed by atoms with Crippen LogP contribution in [0.25, 0.3) is 39.1 Å². The highest BCUT2D eigenvalue weighted by molar-refractivity contribution is 6.08. The minimum atomic E-state index is -1.02. The molecule has 2 aromatic carbocycles. The van der Waals surface area contributed by atoms with Crippen molar-refractivity contribution < 1.29 is 14.3 Å². The van der Waals surface area contributed by atoms with E-state index in [-0.39, 0.29) is 5.56 Å². The van der Waals surface area contributed by atoms with Crippen molar-refractivity contribution in [2.24, 2.45) is 0 Å². The number of fused-ring (bicyclic) bond motifs is 2. The second-order valence-corrected chi connectivity index (χ2v) is 8.44. The fourth-order valence-electron chi connectivity index (χ4n) is 4.20. The molecule has 2 heterocycles. The lowest BCUT2D eigenvalue weighted by Crippen LogP contribution is -2.08. The second-order valence-electron chi connectivity index (χ2n) is 8.44. The molecular weight excluding hydrogens is 428 g/mol. The molecule has 170 valence electrons. The molecule has 1 aliphatic heterocycles. The monoisotopic (exact) mass is 452 g/mol. The van der Waals surface area contributed by atoms with Crippen LogP contribution in [0.1, 0.15) is 22.8 Å². The van der Waals surface area contributed by atoms with Gasteiger partial charge in [-0.15, -0.1) is 0 Å². The fraction of sp³-hybridized carbons (Fsp3) is 0.148. The van der Waals surface area contributed by atoms with Crippen molar-refractivity contribution in [2.45, 2.75) is 13.3 Å². The molecule has 0 fully saturated rings. The highest BCUT2D eigenvalue weighted by Gasteiger charge is 2.22. The molecule has 0 radical (unpaired) electrons. The largest absolute Gasteiger partial charge is 0.478 e. The molecule has 7 nitrogen and oxygen atoms in total. The number of nitrogens with zero attached hydrogens (tertiary/aromatic N) is 3. The number of carboxylic acid groups (broad SMARTS) is 1. The summed E-state index contributed by atoms with van der Waals surface area (Å²) < 4.78 is 7.88. The van der Waals surface area contributed by atoms with Crippen LogP contribution in [0.15, 0.2) is 71.4 Å². The lowest BCUT2D eigenvalue weighted by Gasteiger charge is -2.19. The standard InChI is InChI=1S/C27H24N4O3/c1-4-16-14-29-31(15-16)19-7-9-20(23(12-19)27(32)33)26-21-8-5-17(28)11-24(21)34-25-13-18(30(2)3)6-10-22(25)26/h5-15,28H,4H2,1-3H3,(H,32,33). The Morgan fingerprint density at radius 1 is 1.09 bits per heavy atom. The minimum Gasteiger partial charge on any atom is -0.478 e. The van der Waals surface area contributed by atoms with Crippen molar-refractivity contribution in [2.75, 3.05) is 19.0 Å². The maximum Gasteiger partial charge on any atom is 0.336 e. The van der Waals surface area contributed by atoms with Crippen LogP contribution >= 0.6 is 0 Å². The summed E-state index contributed by atoms with van der Waals surface area (Å²) in [6.07, 6.45) is 4.54. The Hall–Kier alpha value is -4.39. The van der Waals surface area contributed by atoms with E-state index in [2.05, 4.69) is 5.10 Å². The van der Waals surface area contributed by atoms with Gasteiger partial charge in [-0.25, -0.2) is 9.48 Å². The van der Waals surface area contributed by atoms with Gasteiger partial charge >= 0.3 is 5.97 Å². The van der Waals surface area contributed by atoms with Gasteiger partial charge in [0.15, 0.2) is 0 Å². The van der Waals surface area contributed by atoms with E-state index in [9.17, 15) is 9.90 Å². The topological polar surface area (TPSA) is 95.4 Å². The number of aryl methyl sites for hydroxylation is 1. The predicted octanol–water partition coefficient (Wildman–Crippen LogP) is 5.20. The van der Waals surface area contributed by atoms with Crippen LogP contribution in [0.4, 0.5) is 5.69 Å². The number of hydrogen-bond donors (Lipinski definition) is 2. The third-order valence-electron chi connectivity index (χ3n) is 6.03. The zero-order valence-corrected chi connectivity index (χ0v) is 19.2. The fourth-order valence-corrected chi connectivity index (χ4v) is 4.20. The molecule has 1 aliphatic carbocycles. The molecule has 3 aromatic rings. The van der Waals surface area contributed by atoms with Crippen LogP contribution in [0, 0.1) is 5.41 Å². The first kappa shape index (κ1) is 21.5. The molecule has 2 aliphatic rings. The first-order chi connectivity index (χ1) is 16.4. The van der Waals surface area contributed by atoms with E-state index < -0.39 is 5.97 Å². The third kappa shape index (κ3) is 3.61. The summed E-state index contributed by atoms with van der Waals surface area (Å²) in [5.74, 6) is -0.491. The van der Waals surface area contributed by atoms with E-state index in [0.29, 0.717) is 28.0 Å². The van der Waals surface area contributed by atoms with E-state index in [1.165, 1.54) is 0 Å². The zero-order chi connectivity index (χ0) is 24.0. The smallest absolute Gasteiger partial charge is 0.336 e. The number of carboxylic acids is 1. The molecule has 1 aromatic heterocycles. The van der Waals surface area contributed by atoms with Gasteiger partial charge in [0, 0.05) is 54.6 Å². The average Bonchev–Trinajstić information content (AvgIpc) is 3.31. The number of aromatic nitrogens is 2. The predicted molar refractivity (Wildman–Crippen MR) is 132 cm³/mol. The normalized spacial score (nSPS) is 11.3. The molecule has 0 saturated carbocycles. The molecule has 0 unspecified atom stereocenters. The van der Waals surface area contributed by atoms with Gasteiger partial charge in [-0.1, -0.05) is 13.0 Å². The van der Waals surface area contributed by atoms with Crippen LogP contribution in [-0.2, 0) is 6.42 Å². The zero-order valence-electron chi connectivity index (χ0n) is 19.2. The highest BCUT2D eigenvalue weighted by atomic mass is 16.4. The Labute approximate surface area is 196 Å². The maximum atomic E-state index is 12.4. The van der Waals surface area contributed by atoms with Crippen molar-refractivity contribution in [1.29, 1.82) is 5.41 Å². The molecule has 2 N–H and O–H groups in total. The molecule has 0 bridgehead atoms. The van der Waals surface area contributed by atoms with Crippen molar-refractivity contribution in [1.82, 2.24) is 9.78 Å². The number of benzene rings is 3. The van der Waals surface area contributed by atoms with Crippen LogP contribution in [0.5, 0.6) is 0 Å². The number of rotatable bonds is 5. The van der Waals surface area contributed by atoms with Crippen LogP contribution in [0.3, 0.4) is 0 Å². The van der Waals surface area contributed by atoms with E-state index in [4.69, 9.17) is 9.83 Å². The Bertz CT molecular complexity index is 1580. The lowest BCUT2D eigenvalue weighted by atomic mass is 9.90. The summed E-state index contributed by atoms with van der Waals surface area (Å²) in [7, 11) is 3.90. The molecule has 0 atom stereocenters. The van der Waals surface area contributed by atoms with Crippen molar-refractivity contribution in [3.63, 3.8) is 0 Å². The molecule has 0 amide bonds. The van der Waals surface area contributed by atoms with E-state index >= 15 is 0 Å². The maximum absolute atomic E-state index is 12.4. The first-order valence-electron chi connectivity index (χ1n) is 11.0. The molecular formula is C27H24N4O3. The Morgan fingerprint density at radius 2 is 1.88 bits per heavy atom. The van der Waals surface area contributed by atoms with Gasteiger partial charge in [-0.05, 0) is 53.9 Å². The molecule has 34 heavy (non-hydrogen) atoms. The van der Waals surface area contributed by atoms with Crippen LogP contribution < -0.4 is 10.3 Å². The Kier molecular flexibility index (Phi) is 5.17. The second kappa shape index (κ2) is 8.19. The van der Waals surface area contributed by atoms with Crippen LogP contribution in [0.2, 0.25) is 0 Å². The summed E-state index contributed by atoms with van der Waals surface area (Å²) in [6.45, 7) is 2.05. The van der Waals surface area contributed by atoms with E-state index in [0.717, 1.165) is 34.2 Å². The van der Waals surface area contributed by atoms with Crippen molar-refractivity contribution in [3.05, 3.63) is 83.5 Å². The number of anilines is 1.